The van der Waals surface area contributed by atoms with Gasteiger partial charge in [-0.15, -0.1) is 0 Å². The summed E-state index contributed by atoms with van der Waals surface area (Å²) >= 11 is 3.77. The Morgan fingerprint density at radius 3 is 2.84 bits per heavy atom. The van der Waals surface area contributed by atoms with Crippen LogP contribution in [0.3, 0.4) is 0 Å². The number of thiazole rings is 1. The summed E-state index contributed by atoms with van der Waals surface area (Å²) in [7, 11) is 0. The standard InChI is InChI=1S/C10H5BrFN3O3S/c11-5-1-2-6(7(12)3-5)9(16)14-10-13-4-8(19-10)15(17)18/h1-4H,(H,13,14,16). The van der Waals surface area contributed by atoms with Crippen LogP contribution in [-0.2, 0) is 0 Å². The van der Waals surface area contributed by atoms with Crippen LogP contribution in [0.1, 0.15) is 10.4 Å². The van der Waals surface area contributed by atoms with Gasteiger partial charge in [-0.3, -0.25) is 20.2 Å². The first kappa shape index (κ1) is 13.6. The van der Waals surface area contributed by atoms with E-state index in [-0.39, 0.29) is 15.7 Å². The second kappa shape index (κ2) is 5.41. The van der Waals surface area contributed by atoms with Gasteiger partial charge in [-0.1, -0.05) is 15.9 Å². The number of anilines is 1. The molecule has 1 heterocycles. The van der Waals surface area contributed by atoms with Gasteiger partial charge in [0.15, 0.2) is 5.13 Å². The maximum atomic E-state index is 13.5. The second-order valence-corrected chi connectivity index (χ2v) is 5.26. The Labute approximate surface area is 118 Å². The quantitative estimate of drug-likeness (QED) is 0.683. The lowest BCUT2D eigenvalue weighted by atomic mass is 10.2. The molecule has 1 N–H and O–H groups in total. The Kier molecular flexibility index (Phi) is 3.86. The number of carbonyl (C=O) groups excluding carboxylic acids is 1. The number of rotatable bonds is 3. The Balaban J connectivity index is 2.18. The van der Waals surface area contributed by atoms with Crippen molar-refractivity contribution in [3.63, 3.8) is 0 Å². The number of benzene rings is 1. The van der Waals surface area contributed by atoms with Crippen molar-refractivity contribution >= 4 is 43.3 Å². The Hall–Kier alpha value is -1.87. The summed E-state index contributed by atoms with van der Waals surface area (Å²) in [5.74, 6) is -1.41. The van der Waals surface area contributed by atoms with E-state index in [0.29, 0.717) is 15.8 Å². The normalized spacial score (nSPS) is 10.2. The molecule has 0 saturated carbocycles. The lowest BCUT2D eigenvalue weighted by Crippen LogP contribution is -2.13. The van der Waals surface area contributed by atoms with Gasteiger partial charge in [-0.25, -0.2) is 9.37 Å². The molecule has 2 aromatic rings. The maximum Gasteiger partial charge on any atom is 0.345 e. The van der Waals surface area contributed by atoms with Crippen molar-refractivity contribution < 1.29 is 14.1 Å². The van der Waals surface area contributed by atoms with Crippen LogP contribution < -0.4 is 5.32 Å². The number of aromatic nitrogens is 1. The second-order valence-electron chi connectivity index (χ2n) is 3.34. The third-order valence-corrected chi connectivity index (χ3v) is 3.43. The molecule has 1 aromatic carbocycles. The summed E-state index contributed by atoms with van der Waals surface area (Å²) in [6, 6.07) is 3.97. The van der Waals surface area contributed by atoms with Gasteiger partial charge in [-0.2, -0.15) is 0 Å². The molecule has 2 rings (SSSR count). The van der Waals surface area contributed by atoms with E-state index >= 15 is 0 Å². The molecule has 0 bridgehead atoms. The van der Waals surface area contributed by atoms with Crippen LogP contribution >= 0.6 is 27.3 Å². The van der Waals surface area contributed by atoms with Crippen molar-refractivity contribution in [1.82, 2.24) is 4.98 Å². The fraction of sp³-hybridized carbons (Fsp3) is 0. The fourth-order valence-corrected chi connectivity index (χ4v) is 2.21. The van der Waals surface area contributed by atoms with E-state index in [4.69, 9.17) is 0 Å². The predicted octanol–water partition coefficient (Wildman–Crippen LogP) is 3.21. The zero-order valence-electron chi connectivity index (χ0n) is 9.09. The number of nitrogens with one attached hydrogen (secondary N) is 1. The molecule has 0 fully saturated rings. The Morgan fingerprint density at radius 2 is 2.26 bits per heavy atom. The van der Waals surface area contributed by atoms with Crippen LogP contribution in [0.15, 0.2) is 28.9 Å². The zero-order valence-corrected chi connectivity index (χ0v) is 11.5. The van der Waals surface area contributed by atoms with E-state index in [2.05, 4.69) is 26.2 Å². The molecular weight excluding hydrogens is 341 g/mol. The van der Waals surface area contributed by atoms with Crippen molar-refractivity contribution in [1.29, 1.82) is 0 Å². The van der Waals surface area contributed by atoms with Crippen LogP contribution in [0.4, 0.5) is 14.5 Å². The van der Waals surface area contributed by atoms with Crippen LogP contribution in [0.25, 0.3) is 0 Å². The molecule has 0 radical (unpaired) electrons. The first-order valence-electron chi connectivity index (χ1n) is 4.84. The highest BCUT2D eigenvalue weighted by Crippen LogP contribution is 2.25. The number of halogens is 2. The number of carbonyl (C=O) groups is 1. The van der Waals surface area contributed by atoms with Crippen molar-refractivity contribution in [2.75, 3.05) is 5.32 Å². The molecule has 0 spiro atoms. The van der Waals surface area contributed by atoms with Crippen molar-refractivity contribution in [3.05, 3.63) is 50.4 Å². The molecular formula is C10H5BrFN3O3S. The summed E-state index contributed by atoms with van der Waals surface area (Å²) in [5, 5.41) is 12.6. The van der Waals surface area contributed by atoms with Gasteiger partial charge < -0.3 is 0 Å². The van der Waals surface area contributed by atoms with E-state index in [1.54, 1.807) is 0 Å². The number of hydrogen-bond donors (Lipinski definition) is 1. The van der Waals surface area contributed by atoms with Crippen LogP contribution in [0.2, 0.25) is 0 Å². The van der Waals surface area contributed by atoms with Gasteiger partial charge >= 0.3 is 5.00 Å². The summed E-state index contributed by atoms with van der Waals surface area (Å²) < 4.78 is 14.0. The smallest absolute Gasteiger partial charge is 0.298 e. The minimum absolute atomic E-state index is 0.0408. The third-order valence-electron chi connectivity index (χ3n) is 2.07. The summed E-state index contributed by atoms with van der Waals surface area (Å²) in [5.41, 5.74) is -0.166. The number of amides is 1. The summed E-state index contributed by atoms with van der Waals surface area (Å²) in [6.45, 7) is 0. The van der Waals surface area contributed by atoms with Crippen molar-refractivity contribution in [3.8, 4) is 0 Å². The number of hydrogen-bond acceptors (Lipinski definition) is 5. The molecule has 1 aromatic heterocycles. The highest BCUT2D eigenvalue weighted by atomic mass is 79.9. The molecule has 0 unspecified atom stereocenters. The molecule has 0 aliphatic rings. The summed E-state index contributed by atoms with van der Waals surface area (Å²) in [4.78, 5) is 25.3. The molecule has 0 aliphatic carbocycles. The molecule has 0 saturated heterocycles. The molecule has 1 amide bonds. The highest BCUT2D eigenvalue weighted by Gasteiger charge is 2.16. The van der Waals surface area contributed by atoms with Gasteiger partial charge in [0.05, 0.1) is 10.5 Å². The Bertz CT molecular complexity index is 661. The Morgan fingerprint density at radius 1 is 1.53 bits per heavy atom. The predicted molar refractivity (Wildman–Crippen MR) is 70.8 cm³/mol. The topological polar surface area (TPSA) is 85.1 Å². The van der Waals surface area contributed by atoms with Gasteiger partial charge in [-0.05, 0) is 29.5 Å². The molecule has 0 aliphatic heterocycles. The molecule has 6 nitrogen and oxygen atoms in total. The van der Waals surface area contributed by atoms with E-state index in [1.807, 2.05) is 0 Å². The summed E-state index contributed by atoms with van der Waals surface area (Å²) in [6.07, 6.45) is 1.03. The van der Waals surface area contributed by atoms with E-state index in [1.165, 1.54) is 12.1 Å². The van der Waals surface area contributed by atoms with E-state index < -0.39 is 16.6 Å². The van der Waals surface area contributed by atoms with Gasteiger partial charge in [0.1, 0.15) is 12.0 Å². The number of nitrogens with zero attached hydrogens (tertiary/aromatic N) is 2. The first-order valence-corrected chi connectivity index (χ1v) is 6.45. The van der Waals surface area contributed by atoms with Crippen molar-refractivity contribution in [2.24, 2.45) is 0 Å². The fourth-order valence-electron chi connectivity index (χ4n) is 1.25. The molecule has 9 heteroatoms. The highest BCUT2D eigenvalue weighted by molar-refractivity contribution is 9.10. The van der Waals surface area contributed by atoms with Crippen LogP contribution in [0, 0.1) is 15.9 Å². The van der Waals surface area contributed by atoms with Gasteiger partial charge in [0.2, 0.25) is 0 Å². The van der Waals surface area contributed by atoms with E-state index in [9.17, 15) is 19.3 Å². The van der Waals surface area contributed by atoms with Crippen LogP contribution in [-0.4, -0.2) is 15.8 Å². The van der Waals surface area contributed by atoms with Crippen LogP contribution in [0.5, 0.6) is 0 Å². The SMILES string of the molecule is O=C(Nc1ncc([N+](=O)[O-])s1)c1ccc(Br)cc1F. The van der Waals surface area contributed by atoms with Gasteiger partial charge in [0.25, 0.3) is 5.91 Å². The number of nitro groups is 1. The van der Waals surface area contributed by atoms with Crippen molar-refractivity contribution in [2.45, 2.75) is 0 Å². The average molecular weight is 346 g/mol. The monoisotopic (exact) mass is 345 g/mol. The largest absolute Gasteiger partial charge is 0.345 e. The maximum absolute atomic E-state index is 13.5. The molecule has 19 heavy (non-hydrogen) atoms. The first-order chi connectivity index (χ1) is 8.97. The lowest BCUT2D eigenvalue weighted by Gasteiger charge is -2.02. The minimum Gasteiger partial charge on any atom is -0.298 e. The third kappa shape index (κ3) is 3.12. The average Bonchev–Trinajstić information content (AvgIpc) is 2.77. The molecule has 98 valence electrons. The zero-order chi connectivity index (χ0) is 14.0. The lowest BCUT2D eigenvalue weighted by molar-refractivity contribution is -0.380. The molecule has 0 atom stereocenters. The van der Waals surface area contributed by atoms with E-state index in [0.717, 1.165) is 12.3 Å². The van der Waals surface area contributed by atoms with Gasteiger partial charge in [0, 0.05) is 4.47 Å². The minimum atomic E-state index is -0.714.